The van der Waals surface area contributed by atoms with Crippen LogP contribution >= 0.6 is 11.6 Å². The molecule has 0 amide bonds. The normalized spacial score (nSPS) is 13.9. The molecule has 2 N–H and O–H groups in total. The highest BCUT2D eigenvalue weighted by atomic mass is 35.5. The maximum Gasteiger partial charge on any atom is 0.136 e. The van der Waals surface area contributed by atoms with E-state index in [9.17, 15) is 10.2 Å². The second-order valence-corrected chi connectivity index (χ2v) is 3.55. The average Bonchev–Trinajstić information content (AvgIpc) is 2.35. The molecule has 0 aliphatic carbocycles. The third-order valence-corrected chi connectivity index (χ3v) is 2.53. The molecule has 16 heavy (non-hydrogen) atoms. The van der Waals surface area contributed by atoms with Crippen LogP contribution in [0, 0.1) is 11.3 Å². The highest BCUT2D eigenvalue weighted by Crippen LogP contribution is 2.25. The number of aliphatic hydroxyl groups is 2. The lowest BCUT2D eigenvalue weighted by atomic mass is 10.0. The highest BCUT2D eigenvalue weighted by Gasteiger charge is 2.18. The van der Waals surface area contributed by atoms with Gasteiger partial charge in [0, 0.05) is 0 Å². The molecular formula is C11H12ClNO3. The molecule has 0 aliphatic heterocycles. The number of nitrogens with zero attached hydrogens (tertiary/aromatic N) is 1. The van der Waals surface area contributed by atoms with Gasteiger partial charge in [-0.05, 0) is 17.7 Å². The fourth-order valence-corrected chi connectivity index (χ4v) is 1.46. The number of aliphatic hydroxyl groups excluding tert-OH is 2. The number of ether oxygens (including phenoxy) is 1. The van der Waals surface area contributed by atoms with Gasteiger partial charge in [-0.3, -0.25) is 0 Å². The number of halogens is 1. The largest absolute Gasteiger partial charge is 0.495 e. The Morgan fingerprint density at radius 1 is 1.50 bits per heavy atom. The number of methoxy groups -OCH3 is 1. The molecule has 0 saturated carbocycles. The summed E-state index contributed by atoms with van der Waals surface area (Å²) in [5.41, 5.74) is 0.836. The molecule has 0 saturated heterocycles. The standard InChI is InChI=1S/C11H12ClNO3/c1-16-10-4-7(2-3-8(10)6-13)11(15)9(14)5-12/h2-4,9,11,14-15H,5H2,1H3. The molecular weight excluding hydrogens is 230 g/mol. The van der Waals surface area contributed by atoms with E-state index in [4.69, 9.17) is 21.6 Å². The summed E-state index contributed by atoms with van der Waals surface area (Å²) in [5, 5.41) is 27.9. The van der Waals surface area contributed by atoms with Crippen molar-refractivity contribution in [2.75, 3.05) is 13.0 Å². The summed E-state index contributed by atoms with van der Waals surface area (Å²) < 4.78 is 4.99. The summed E-state index contributed by atoms with van der Waals surface area (Å²) in [4.78, 5) is 0. The quantitative estimate of drug-likeness (QED) is 0.777. The fourth-order valence-electron chi connectivity index (χ4n) is 1.29. The van der Waals surface area contributed by atoms with Crippen LogP contribution in [0.5, 0.6) is 5.75 Å². The Labute approximate surface area is 98.7 Å². The van der Waals surface area contributed by atoms with Crippen LogP contribution in [0.3, 0.4) is 0 Å². The second kappa shape index (κ2) is 5.71. The number of nitriles is 1. The van der Waals surface area contributed by atoms with Crippen molar-refractivity contribution < 1.29 is 14.9 Å². The van der Waals surface area contributed by atoms with E-state index in [1.165, 1.54) is 19.2 Å². The van der Waals surface area contributed by atoms with Gasteiger partial charge in [-0.2, -0.15) is 5.26 Å². The van der Waals surface area contributed by atoms with E-state index in [1.54, 1.807) is 6.07 Å². The van der Waals surface area contributed by atoms with Gasteiger partial charge in [0.2, 0.25) is 0 Å². The van der Waals surface area contributed by atoms with Crippen molar-refractivity contribution in [3.05, 3.63) is 29.3 Å². The minimum Gasteiger partial charge on any atom is -0.495 e. The van der Waals surface area contributed by atoms with E-state index in [-0.39, 0.29) is 5.88 Å². The van der Waals surface area contributed by atoms with Crippen LogP contribution < -0.4 is 4.74 Å². The van der Waals surface area contributed by atoms with E-state index in [0.29, 0.717) is 16.9 Å². The van der Waals surface area contributed by atoms with Gasteiger partial charge in [-0.25, -0.2) is 0 Å². The number of hydrogen-bond acceptors (Lipinski definition) is 4. The first-order valence-corrected chi connectivity index (χ1v) is 5.17. The van der Waals surface area contributed by atoms with Crippen molar-refractivity contribution >= 4 is 11.6 Å². The van der Waals surface area contributed by atoms with Gasteiger partial charge in [-0.1, -0.05) is 6.07 Å². The van der Waals surface area contributed by atoms with E-state index < -0.39 is 12.2 Å². The Morgan fingerprint density at radius 2 is 2.19 bits per heavy atom. The Kier molecular flexibility index (Phi) is 4.56. The summed E-state index contributed by atoms with van der Waals surface area (Å²) >= 11 is 5.44. The summed E-state index contributed by atoms with van der Waals surface area (Å²) in [6.07, 6.45) is -2.13. The summed E-state index contributed by atoms with van der Waals surface area (Å²) in [7, 11) is 1.43. The molecule has 0 aromatic heterocycles. The maximum absolute atomic E-state index is 9.70. The van der Waals surface area contributed by atoms with Crippen LogP contribution in [0.25, 0.3) is 0 Å². The van der Waals surface area contributed by atoms with Crippen LogP contribution in [0.2, 0.25) is 0 Å². The van der Waals surface area contributed by atoms with Crippen LogP contribution in [0.4, 0.5) is 0 Å². The molecule has 0 heterocycles. The van der Waals surface area contributed by atoms with E-state index in [1.807, 2.05) is 6.07 Å². The zero-order chi connectivity index (χ0) is 12.1. The Balaban J connectivity index is 3.04. The molecule has 0 spiro atoms. The highest BCUT2D eigenvalue weighted by molar-refractivity contribution is 6.18. The SMILES string of the molecule is COc1cc(C(O)C(O)CCl)ccc1C#N. The number of benzene rings is 1. The van der Waals surface area contributed by atoms with Gasteiger partial charge in [0.25, 0.3) is 0 Å². The third-order valence-electron chi connectivity index (χ3n) is 2.21. The first-order valence-electron chi connectivity index (χ1n) is 4.64. The van der Waals surface area contributed by atoms with Crippen molar-refractivity contribution in [1.82, 2.24) is 0 Å². The molecule has 1 rings (SSSR count). The molecule has 1 aromatic carbocycles. The van der Waals surface area contributed by atoms with Crippen LogP contribution in [0.1, 0.15) is 17.2 Å². The topological polar surface area (TPSA) is 73.5 Å². The first kappa shape index (κ1) is 12.8. The van der Waals surface area contributed by atoms with Crippen LogP contribution in [-0.2, 0) is 0 Å². The Hall–Kier alpha value is -1.28. The predicted octanol–water partition coefficient (Wildman–Crippen LogP) is 1.20. The average molecular weight is 242 g/mol. The first-order chi connectivity index (χ1) is 7.63. The maximum atomic E-state index is 9.70. The van der Waals surface area contributed by atoms with E-state index >= 15 is 0 Å². The zero-order valence-corrected chi connectivity index (χ0v) is 9.48. The molecule has 0 aliphatic rings. The van der Waals surface area contributed by atoms with Crippen molar-refractivity contribution in [3.63, 3.8) is 0 Å². The molecule has 2 unspecified atom stereocenters. The van der Waals surface area contributed by atoms with Crippen LogP contribution in [-0.4, -0.2) is 29.3 Å². The molecule has 1 aromatic rings. The lowest BCUT2D eigenvalue weighted by Gasteiger charge is -2.16. The van der Waals surface area contributed by atoms with Crippen molar-refractivity contribution in [2.24, 2.45) is 0 Å². The summed E-state index contributed by atoms with van der Waals surface area (Å²) in [6.45, 7) is 0. The van der Waals surface area contributed by atoms with Gasteiger partial charge in [-0.15, -0.1) is 11.6 Å². The lowest BCUT2D eigenvalue weighted by Crippen LogP contribution is -2.19. The van der Waals surface area contributed by atoms with Gasteiger partial charge in [0.15, 0.2) is 0 Å². The van der Waals surface area contributed by atoms with Crippen molar-refractivity contribution in [1.29, 1.82) is 5.26 Å². The molecule has 0 fully saturated rings. The van der Waals surface area contributed by atoms with Crippen molar-refractivity contribution in [2.45, 2.75) is 12.2 Å². The second-order valence-electron chi connectivity index (χ2n) is 3.24. The fraction of sp³-hybridized carbons (Fsp3) is 0.364. The lowest BCUT2D eigenvalue weighted by molar-refractivity contribution is 0.0326. The monoisotopic (exact) mass is 241 g/mol. The molecule has 0 bridgehead atoms. The minimum absolute atomic E-state index is 0.0660. The van der Waals surface area contributed by atoms with Gasteiger partial charge in [0.05, 0.1) is 24.7 Å². The Bertz CT molecular complexity index is 403. The minimum atomic E-state index is -1.08. The van der Waals surface area contributed by atoms with Crippen LogP contribution in [0.15, 0.2) is 18.2 Å². The molecule has 2 atom stereocenters. The number of hydrogen-bond donors (Lipinski definition) is 2. The molecule has 0 radical (unpaired) electrons. The zero-order valence-electron chi connectivity index (χ0n) is 8.72. The van der Waals surface area contributed by atoms with Crippen molar-refractivity contribution in [3.8, 4) is 11.8 Å². The molecule has 86 valence electrons. The van der Waals surface area contributed by atoms with E-state index in [2.05, 4.69) is 0 Å². The molecule has 5 heteroatoms. The predicted molar refractivity (Wildman–Crippen MR) is 59.4 cm³/mol. The smallest absolute Gasteiger partial charge is 0.136 e. The van der Waals surface area contributed by atoms with Gasteiger partial charge < -0.3 is 14.9 Å². The summed E-state index contributed by atoms with van der Waals surface area (Å²) in [6, 6.07) is 6.56. The molecule has 4 nitrogen and oxygen atoms in total. The van der Waals surface area contributed by atoms with Gasteiger partial charge >= 0.3 is 0 Å². The summed E-state index contributed by atoms with van der Waals surface area (Å²) in [5.74, 6) is 0.296. The third kappa shape index (κ3) is 2.64. The number of alkyl halides is 1. The van der Waals surface area contributed by atoms with E-state index in [0.717, 1.165) is 0 Å². The Morgan fingerprint density at radius 3 is 2.69 bits per heavy atom. The number of rotatable bonds is 4. The van der Waals surface area contributed by atoms with Gasteiger partial charge in [0.1, 0.15) is 17.9 Å².